The highest BCUT2D eigenvalue weighted by Crippen LogP contribution is 2.24. The maximum atomic E-state index is 10.8. The van der Waals surface area contributed by atoms with Gasteiger partial charge in [0.1, 0.15) is 12.4 Å². The fraction of sp³-hybridized carbons (Fsp3) is 0.429. The molecular weight excluding hydrogens is 280 g/mol. The molecule has 0 aliphatic heterocycles. The van der Waals surface area contributed by atoms with E-state index in [1.54, 1.807) is 12.1 Å². The molecule has 1 aromatic carbocycles. The smallest absolute Gasteiger partial charge is 0.270 e. The van der Waals surface area contributed by atoms with Gasteiger partial charge in [-0.25, -0.2) is 0 Å². The van der Waals surface area contributed by atoms with Gasteiger partial charge in [0, 0.05) is 29.8 Å². The van der Waals surface area contributed by atoms with Crippen molar-refractivity contribution in [3.8, 4) is 5.75 Å². The number of nitrogens with one attached hydrogen (secondary N) is 1. The summed E-state index contributed by atoms with van der Waals surface area (Å²) in [7, 11) is 0. The topological polar surface area (TPSA) is 64.4 Å². The SMILES string of the molecule is CC(C)CNCc1cc([N+](=O)[O-])ccc1OCC=CCl. The lowest BCUT2D eigenvalue weighted by atomic mass is 10.1. The zero-order valence-corrected chi connectivity index (χ0v) is 12.4. The van der Waals surface area contributed by atoms with Gasteiger partial charge in [-0.15, -0.1) is 0 Å². The lowest BCUT2D eigenvalue weighted by Gasteiger charge is -2.12. The van der Waals surface area contributed by atoms with Crippen LogP contribution in [0.5, 0.6) is 5.75 Å². The highest BCUT2D eigenvalue weighted by molar-refractivity contribution is 6.25. The molecule has 0 spiro atoms. The first-order chi connectivity index (χ1) is 9.54. The molecule has 0 aliphatic rings. The van der Waals surface area contributed by atoms with Crippen LogP contribution in [0, 0.1) is 16.0 Å². The highest BCUT2D eigenvalue weighted by Gasteiger charge is 2.11. The first-order valence-corrected chi connectivity index (χ1v) is 6.84. The molecule has 0 amide bonds. The third-order valence-corrected chi connectivity index (χ3v) is 2.73. The normalized spacial score (nSPS) is 11.2. The van der Waals surface area contributed by atoms with Crippen molar-refractivity contribution in [3.63, 3.8) is 0 Å². The molecule has 0 radical (unpaired) electrons. The number of nitrogens with zero attached hydrogens (tertiary/aromatic N) is 1. The molecule has 6 heteroatoms. The van der Waals surface area contributed by atoms with Gasteiger partial charge in [0.15, 0.2) is 0 Å². The summed E-state index contributed by atoms with van der Waals surface area (Å²) in [4.78, 5) is 10.4. The quantitative estimate of drug-likeness (QED) is 0.589. The maximum Gasteiger partial charge on any atom is 0.270 e. The van der Waals surface area contributed by atoms with E-state index in [-0.39, 0.29) is 5.69 Å². The van der Waals surface area contributed by atoms with Crippen molar-refractivity contribution in [1.29, 1.82) is 0 Å². The fourth-order valence-electron chi connectivity index (χ4n) is 1.63. The van der Waals surface area contributed by atoms with Crippen molar-refractivity contribution >= 4 is 17.3 Å². The van der Waals surface area contributed by atoms with E-state index in [4.69, 9.17) is 16.3 Å². The molecule has 20 heavy (non-hydrogen) atoms. The number of ether oxygens (including phenoxy) is 1. The third-order valence-electron chi connectivity index (χ3n) is 2.55. The van der Waals surface area contributed by atoms with Crippen LogP contribution in [0.4, 0.5) is 5.69 Å². The molecule has 110 valence electrons. The van der Waals surface area contributed by atoms with Crippen molar-refractivity contribution in [1.82, 2.24) is 5.32 Å². The average molecular weight is 299 g/mol. The Labute approximate surface area is 123 Å². The number of hydrogen-bond donors (Lipinski definition) is 1. The van der Waals surface area contributed by atoms with Gasteiger partial charge in [0.2, 0.25) is 0 Å². The zero-order chi connectivity index (χ0) is 15.0. The van der Waals surface area contributed by atoms with Crippen LogP contribution < -0.4 is 10.1 Å². The summed E-state index contributed by atoms with van der Waals surface area (Å²) < 4.78 is 5.54. The first kappa shape index (κ1) is 16.5. The summed E-state index contributed by atoms with van der Waals surface area (Å²) in [5, 5.41) is 14.1. The summed E-state index contributed by atoms with van der Waals surface area (Å²) in [6, 6.07) is 4.59. The van der Waals surface area contributed by atoms with E-state index in [0.717, 1.165) is 12.1 Å². The molecule has 1 aromatic rings. The molecule has 0 unspecified atom stereocenters. The van der Waals surface area contributed by atoms with E-state index in [9.17, 15) is 10.1 Å². The molecule has 0 heterocycles. The number of halogens is 1. The fourth-order valence-corrected chi connectivity index (χ4v) is 1.70. The molecule has 1 rings (SSSR count). The van der Waals surface area contributed by atoms with E-state index in [0.29, 0.717) is 24.8 Å². The van der Waals surface area contributed by atoms with Gasteiger partial charge >= 0.3 is 0 Å². The van der Waals surface area contributed by atoms with Crippen molar-refractivity contribution in [2.75, 3.05) is 13.2 Å². The number of hydrogen-bond acceptors (Lipinski definition) is 4. The zero-order valence-electron chi connectivity index (χ0n) is 11.6. The second-order valence-electron chi connectivity index (χ2n) is 4.75. The Kier molecular flexibility index (Phi) is 7.04. The molecule has 0 aromatic heterocycles. The summed E-state index contributed by atoms with van der Waals surface area (Å²) in [6.45, 7) is 5.90. The van der Waals surface area contributed by atoms with Crippen LogP contribution in [0.15, 0.2) is 29.8 Å². The van der Waals surface area contributed by atoms with Crippen LogP contribution in [0.1, 0.15) is 19.4 Å². The lowest BCUT2D eigenvalue weighted by Crippen LogP contribution is -2.19. The second kappa shape index (κ2) is 8.55. The number of rotatable bonds is 8. The van der Waals surface area contributed by atoms with Crippen molar-refractivity contribution in [3.05, 3.63) is 45.5 Å². The van der Waals surface area contributed by atoms with Crippen LogP contribution in [-0.2, 0) is 6.54 Å². The summed E-state index contributed by atoms with van der Waals surface area (Å²) >= 11 is 5.43. The van der Waals surface area contributed by atoms with Crippen LogP contribution in [0.25, 0.3) is 0 Å². The van der Waals surface area contributed by atoms with Gasteiger partial charge in [0.05, 0.1) is 4.92 Å². The monoisotopic (exact) mass is 298 g/mol. The molecule has 0 bridgehead atoms. The van der Waals surface area contributed by atoms with E-state index in [1.165, 1.54) is 17.7 Å². The highest BCUT2D eigenvalue weighted by atomic mass is 35.5. The summed E-state index contributed by atoms with van der Waals surface area (Å²) in [6.07, 6.45) is 1.66. The molecule has 0 aliphatic carbocycles. The predicted molar refractivity (Wildman–Crippen MR) is 80.1 cm³/mol. The Morgan fingerprint density at radius 2 is 2.25 bits per heavy atom. The molecule has 0 saturated heterocycles. The van der Waals surface area contributed by atoms with E-state index in [2.05, 4.69) is 19.2 Å². The van der Waals surface area contributed by atoms with Gasteiger partial charge < -0.3 is 10.1 Å². The van der Waals surface area contributed by atoms with E-state index < -0.39 is 4.92 Å². The number of nitro groups is 1. The maximum absolute atomic E-state index is 10.8. The van der Waals surface area contributed by atoms with Gasteiger partial charge in [0.25, 0.3) is 5.69 Å². The molecule has 0 saturated carbocycles. The number of benzene rings is 1. The molecule has 0 fully saturated rings. The standard InChI is InChI=1S/C14H19ClN2O3/c1-11(2)9-16-10-12-8-13(17(18)19)4-5-14(12)20-7-3-6-15/h3-6,8,11,16H,7,9-10H2,1-2H3. The summed E-state index contributed by atoms with van der Waals surface area (Å²) in [5.74, 6) is 1.14. The van der Waals surface area contributed by atoms with Crippen LogP contribution in [0.3, 0.4) is 0 Å². The third kappa shape index (κ3) is 5.59. The molecule has 1 N–H and O–H groups in total. The van der Waals surface area contributed by atoms with E-state index >= 15 is 0 Å². The molecule has 0 atom stereocenters. The first-order valence-electron chi connectivity index (χ1n) is 6.40. The van der Waals surface area contributed by atoms with Crippen LogP contribution >= 0.6 is 11.6 Å². The molecular formula is C14H19ClN2O3. The number of non-ortho nitro benzene ring substituents is 1. The minimum Gasteiger partial charge on any atom is -0.489 e. The van der Waals surface area contributed by atoms with E-state index in [1.807, 2.05) is 0 Å². The van der Waals surface area contributed by atoms with Crippen molar-refractivity contribution in [2.45, 2.75) is 20.4 Å². The van der Waals surface area contributed by atoms with Crippen LogP contribution in [0.2, 0.25) is 0 Å². The number of nitro benzene ring substituents is 1. The Morgan fingerprint density at radius 1 is 1.50 bits per heavy atom. The molecule has 5 nitrogen and oxygen atoms in total. The van der Waals surface area contributed by atoms with Crippen molar-refractivity contribution in [2.24, 2.45) is 5.92 Å². The summed E-state index contributed by atoms with van der Waals surface area (Å²) in [5.41, 5.74) is 2.21. The van der Waals surface area contributed by atoms with Crippen LogP contribution in [-0.4, -0.2) is 18.1 Å². The van der Waals surface area contributed by atoms with Gasteiger partial charge in [-0.2, -0.15) is 0 Å². The van der Waals surface area contributed by atoms with Gasteiger partial charge in [-0.1, -0.05) is 25.4 Å². The lowest BCUT2D eigenvalue weighted by molar-refractivity contribution is -0.384. The Hall–Kier alpha value is -1.59. The van der Waals surface area contributed by atoms with Gasteiger partial charge in [-0.05, 0) is 24.6 Å². The Bertz CT molecular complexity index is 475. The second-order valence-corrected chi connectivity index (χ2v) is 5.00. The predicted octanol–water partition coefficient (Wildman–Crippen LogP) is 3.47. The van der Waals surface area contributed by atoms with Crippen molar-refractivity contribution < 1.29 is 9.66 Å². The Morgan fingerprint density at radius 3 is 2.85 bits per heavy atom. The minimum absolute atomic E-state index is 0.0617. The average Bonchev–Trinajstić information content (AvgIpc) is 2.39. The Balaban J connectivity index is 2.82. The minimum atomic E-state index is -0.408. The largest absolute Gasteiger partial charge is 0.489 e. The van der Waals surface area contributed by atoms with Gasteiger partial charge in [-0.3, -0.25) is 10.1 Å².